The largest absolute Gasteiger partial charge is 0.481 e. The molecular formula is C36H42N8O4. The highest BCUT2D eigenvalue weighted by Gasteiger charge is 2.30. The Morgan fingerprint density at radius 3 is 2.42 bits per heavy atom. The lowest BCUT2D eigenvalue weighted by molar-refractivity contribution is -0.119. The summed E-state index contributed by atoms with van der Waals surface area (Å²) in [5.74, 6) is 0.817. The first-order valence-electron chi connectivity index (χ1n) is 16.1. The highest BCUT2D eigenvalue weighted by molar-refractivity contribution is 5.83. The molecule has 48 heavy (non-hydrogen) atoms. The number of nitrogens with zero attached hydrogens (tertiary/aromatic N) is 3. The van der Waals surface area contributed by atoms with Gasteiger partial charge in [-0.05, 0) is 73.1 Å². The normalized spacial score (nSPS) is 18.1. The molecule has 2 aromatic heterocycles. The summed E-state index contributed by atoms with van der Waals surface area (Å²) in [6, 6.07) is 14.5. The summed E-state index contributed by atoms with van der Waals surface area (Å²) in [6.07, 6.45) is 4.48. The van der Waals surface area contributed by atoms with Crippen LogP contribution in [-0.2, 0) is 25.3 Å². The van der Waals surface area contributed by atoms with Gasteiger partial charge in [0.15, 0.2) is 0 Å². The van der Waals surface area contributed by atoms with Crippen LogP contribution in [0.4, 0.5) is 5.69 Å². The number of nitrogens with two attached hydrogens (primary N) is 2. The Hall–Kier alpha value is -5.36. The quantitative estimate of drug-likeness (QED) is 0.188. The van der Waals surface area contributed by atoms with Crippen molar-refractivity contribution in [3.8, 4) is 28.3 Å². The topological polar surface area (TPSA) is 171 Å². The van der Waals surface area contributed by atoms with Gasteiger partial charge in [-0.25, -0.2) is 9.78 Å². The number of methoxy groups -OCH3 is 1. The predicted molar refractivity (Wildman–Crippen MR) is 187 cm³/mol. The van der Waals surface area contributed by atoms with E-state index in [1.165, 1.54) is 23.4 Å². The average molecular weight is 651 g/mol. The molecule has 0 radical (unpaired) electrons. The zero-order valence-electron chi connectivity index (χ0n) is 27.9. The van der Waals surface area contributed by atoms with Gasteiger partial charge in [0, 0.05) is 62.2 Å². The Balaban J connectivity index is 1.35. The first kappa shape index (κ1) is 32.6. The molecule has 0 saturated carbocycles. The van der Waals surface area contributed by atoms with Crippen molar-refractivity contribution in [1.29, 1.82) is 0 Å². The second kappa shape index (κ2) is 13.0. The monoisotopic (exact) mass is 650 g/mol. The Kier molecular flexibility index (Phi) is 8.85. The van der Waals surface area contributed by atoms with Crippen LogP contribution in [0.15, 0.2) is 52.1 Å². The van der Waals surface area contributed by atoms with Crippen LogP contribution in [0.3, 0.4) is 0 Å². The summed E-state index contributed by atoms with van der Waals surface area (Å²) in [5.41, 5.74) is 20.1. The number of anilines is 1. The van der Waals surface area contributed by atoms with E-state index in [0.29, 0.717) is 24.5 Å². The van der Waals surface area contributed by atoms with E-state index >= 15 is 0 Å². The van der Waals surface area contributed by atoms with Crippen LogP contribution in [0, 0.1) is 13.8 Å². The molecule has 0 bridgehead atoms. The Morgan fingerprint density at radius 2 is 1.73 bits per heavy atom. The van der Waals surface area contributed by atoms with Crippen LogP contribution in [0.1, 0.15) is 47.6 Å². The number of aromatic nitrogens is 3. The third kappa shape index (κ3) is 5.72. The van der Waals surface area contributed by atoms with Gasteiger partial charge in [-0.3, -0.25) is 18.7 Å². The minimum atomic E-state index is -0.543. The second-order valence-electron chi connectivity index (χ2n) is 12.5. The van der Waals surface area contributed by atoms with Crippen molar-refractivity contribution in [2.24, 2.45) is 25.6 Å². The summed E-state index contributed by atoms with van der Waals surface area (Å²) < 4.78 is 8.15. The van der Waals surface area contributed by atoms with E-state index in [1.54, 1.807) is 14.2 Å². The van der Waals surface area contributed by atoms with E-state index in [-0.39, 0.29) is 34.4 Å². The summed E-state index contributed by atoms with van der Waals surface area (Å²) >= 11 is 0. The van der Waals surface area contributed by atoms with Crippen molar-refractivity contribution in [2.75, 3.05) is 19.0 Å². The zero-order valence-corrected chi connectivity index (χ0v) is 27.9. The van der Waals surface area contributed by atoms with Crippen LogP contribution in [-0.4, -0.2) is 39.7 Å². The minimum absolute atomic E-state index is 0.0869. The summed E-state index contributed by atoms with van der Waals surface area (Å²) in [4.78, 5) is 42.2. The molecule has 4 aromatic rings. The number of amides is 1. The number of aryl methyl sites for hydroxylation is 1. The number of rotatable bonds is 8. The summed E-state index contributed by atoms with van der Waals surface area (Å²) in [6.45, 7) is 4.80. The van der Waals surface area contributed by atoms with Crippen molar-refractivity contribution >= 4 is 23.6 Å². The zero-order chi connectivity index (χ0) is 34.3. The minimum Gasteiger partial charge on any atom is -0.481 e. The summed E-state index contributed by atoms with van der Waals surface area (Å²) in [5, 5.41) is 10.2. The highest BCUT2D eigenvalue weighted by Crippen LogP contribution is 2.41. The van der Waals surface area contributed by atoms with E-state index in [1.807, 2.05) is 31.2 Å². The molecule has 2 atom stereocenters. The van der Waals surface area contributed by atoms with Gasteiger partial charge in [-0.15, -0.1) is 0 Å². The van der Waals surface area contributed by atoms with E-state index in [4.69, 9.17) is 21.2 Å². The maximum Gasteiger partial charge on any atom is 0.330 e. The van der Waals surface area contributed by atoms with Crippen LogP contribution >= 0.6 is 0 Å². The lowest BCUT2D eigenvalue weighted by atomic mass is 9.91. The van der Waals surface area contributed by atoms with Gasteiger partial charge in [0.05, 0.1) is 18.2 Å². The fraction of sp³-hybridized carbons (Fsp3) is 0.333. The maximum absolute atomic E-state index is 13.1. The molecule has 3 heterocycles. The van der Waals surface area contributed by atoms with E-state index < -0.39 is 11.2 Å². The number of hydrogen-bond donors (Lipinski definition) is 5. The number of benzene rings is 2. The number of hydrogen-bond acceptors (Lipinski definition) is 9. The fourth-order valence-corrected chi connectivity index (χ4v) is 7.00. The van der Waals surface area contributed by atoms with Crippen LogP contribution < -0.4 is 54.0 Å². The van der Waals surface area contributed by atoms with Gasteiger partial charge in [0.1, 0.15) is 11.0 Å². The van der Waals surface area contributed by atoms with Gasteiger partial charge < -0.3 is 32.2 Å². The third-order valence-electron chi connectivity index (χ3n) is 9.69. The molecule has 1 amide bonds. The van der Waals surface area contributed by atoms with Gasteiger partial charge in [-0.1, -0.05) is 30.3 Å². The molecule has 1 aliphatic heterocycles. The number of fused-ring (bicyclic) bond motifs is 1. The number of carbonyl (C=O) groups is 1. The second-order valence-corrected chi connectivity index (χ2v) is 12.5. The molecule has 250 valence electrons. The van der Waals surface area contributed by atoms with Crippen LogP contribution in [0.5, 0.6) is 5.88 Å². The smallest absolute Gasteiger partial charge is 0.330 e. The molecular weight excluding hydrogens is 608 g/mol. The van der Waals surface area contributed by atoms with Gasteiger partial charge in [0.25, 0.3) is 5.56 Å². The molecule has 12 heteroatoms. The lowest BCUT2D eigenvalue weighted by Gasteiger charge is -2.20. The van der Waals surface area contributed by atoms with Crippen molar-refractivity contribution in [3.63, 3.8) is 0 Å². The molecule has 6 rings (SSSR count). The molecule has 0 spiro atoms. The lowest BCUT2D eigenvalue weighted by Crippen LogP contribution is -2.59. The molecule has 1 aliphatic carbocycles. The highest BCUT2D eigenvalue weighted by atomic mass is 16.5. The number of nitrogens with one attached hydrogen (secondary N) is 3. The SMILES string of the molecule is COc1nc(-c2cccc(-c3cccc(N/C(N)=c4\c(=O)n(C)c(=O)n(C)\c4=C\N)c3C)c2C)cc2c1C(NCC1CCC(=O)N1)CC2. The predicted octanol–water partition coefficient (Wildman–Crippen LogP) is 1.13. The molecule has 2 unspecified atom stereocenters. The van der Waals surface area contributed by atoms with Crippen molar-refractivity contribution in [3.05, 3.63) is 96.1 Å². The molecule has 1 saturated heterocycles. The van der Waals surface area contributed by atoms with Gasteiger partial charge >= 0.3 is 5.69 Å². The molecule has 12 nitrogen and oxygen atoms in total. The van der Waals surface area contributed by atoms with E-state index in [9.17, 15) is 14.4 Å². The number of carbonyl (C=O) groups excluding carboxylic acids is 1. The third-order valence-corrected chi connectivity index (χ3v) is 9.69. The maximum atomic E-state index is 13.1. The number of ether oxygens (including phenoxy) is 1. The van der Waals surface area contributed by atoms with Crippen molar-refractivity contribution < 1.29 is 9.53 Å². The van der Waals surface area contributed by atoms with E-state index in [2.05, 4.69) is 41.1 Å². The standard InChI is InChI=1S/C36H42N8O4/c1-19-23(24-9-7-11-26(20(24)2)41-33(38)32-29(17-37)43(3)36(47)44(4)35(32)46)8-6-10-25(19)28-16-21-12-14-27(31(21)34(42-28)48-5)39-18-22-13-15-30(45)40-22/h6-11,16-17,22,27,39,41H,12-15,18,37-38H2,1-5H3,(H,40,45)/b29-17+,33-32-. The van der Waals surface area contributed by atoms with E-state index in [0.717, 1.165) is 62.9 Å². The number of pyridine rings is 1. The summed E-state index contributed by atoms with van der Waals surface area (Å²) in [7, 11) is 4.61. The molecule has 7 N–H and O–H groups in total. The molecule has 2 aromatic carbocycles. The Morgan fingerprint density at radius 1 is 1.02 bits per heavy atom. The average Bonchev–Trinajstić information content (AvgIpc) is 3.70. The van der Waals surface area contributed by atoms with Crippen molar-refractivity contribution in [1.82, 2.24) is 24.8 Å². The molecule has 2 aliphatic rings. The Labute approximate surface area is 278 Å². The Bertz CT molecular complexity index is 2190. The van der Waals surface area contributed by atoms with Gasteiger partial charge in [0.2, 0.25) is 11.8 Å². The first-order valence-corrected chi connectivity index (χ1v) is 16.1. The first-order chi connectivity index (χ1) is 23.0. The van der Waals surface area contributed by atoms with Crippen LogP contribution in [0.25, 0.3) is 34.4 Å². The van der Waals surface area contributed by atoms with Crippen molar-refractivity contribution in [2.45, 2.75) is 51.6 Å². The fourth-order valence-electron chi connectivity index (χ4n) is 7.00. The van der Waals surface area contributed by atoms with Crippen LogP contribution in [0.2, 0.25) is 0 Å². The van der Waals surface area contributed by atoms with Gasteiger partial charge in [-0.2, -0.15) is 0 Å². The molecule has 1 fully saturated rings.